The summed E-state index contributed by atoms with van der Waals surface area (Å²) in [7, 11) is 1.74. The maximum atomic E-state index is 14.1. The van der Waals surface area contributed by atoms with Gasteiger partial charge in [0.1, 0.15) is 17.1 Å². The van der Waals surface area contributed by atoms with Crippen LogP contribution in [-0.4, -0.2) is 66.9 Å². The van der Waals surface area contributed by atoms with Crippen LogP contribution in [0.15, 0.2) is 23.3 Å². The Morgan fingerprint density at radius 3 is 1.97 bits per heavy atom. The molecule has 1 atom stereocenters. The predicted octanol–water partition coefficient (Wildman–Crippen LogP) is 4.37. The number of ether oxygens (including phenoxy) is 5. The van der Waals surface area contributed by atoms with E-state index in [0.29, 0.717) is 0 Å². The highest BCUT2D eigenvalue weighted by molar-refractivity contribution is 6.74. The Bertz CT molecular complexity index is 992. The van der Waals surface area contributed by atoms with Crippen LogP contribution in [-0.2, 0) is 28.2 Å². The first-order valence-corrected chi connectivity index (χ1v) is 14.7. The van der Waals surface area contributed by atoms with Crippen molar-refractivity contribution in [2.24, 2.45) is 0 Å². The summed E-state index contributed by atoms with van der Waals surface area (Å²) in [5, 5.41) is -0.154. The quantitative estimate of drug-likeness (QED) is 0.138. The second kappa shape index (κ2) is 12.1. The number of rotatable bonds is 11. The molecule has 2 rings (SSSR count). The standard InChI is InChI=1S/C26H38O9Si/c1-16-12-19(33-14-30-5)22(20(13-16)34-15-31-6)24(28)21-17(27)10-11-18(23(21)25(29)32-7)35-36(8,9)26(2,3)4/h12-13,18H,10-11,14-15H2,1-9H3/t18-/m1/s1. The van der Waals surface area contributed by atoms with E-state index in [2.05, 4.69) is 20.8 Å². The van der Waals surface area contributed by atoms with Crippen LogP contribution in [0.25, 0.3) is 0 Å². The lowest BCUT2D eigenvalue weighted by atomic mass is 9.83. The Morgan fingerprint density at radius 1 is 1.00 bits per heavy atom. The van der Waals surface area contributed by atoms with Crippen molar-refractivity contribution in [2.45, 2.75) is 64.8 Å². The number of esters is 1. The number of hydrogen-bond acceptors (Lipinski definition) is 9. The van der Waals surface area contributed by atoms with E-state index in [0.717, 1.165) is 5.56 Å². The van der Waals surface area contributed by atoms with Crippen molar-refractivity contribution >= 4 is 25.9 Å². The lowest BCUT2D eigenvalue weighted by Gasteiger charge is -2.40. The highest BCUT2D eigenvalue weighted by atomic mass is 28.4. The van der Waals surface area contributed by atoms with Gasteiger partial charge in [-0.05, 0) is 49.2 Å². The number of hydrogen-bond donors (Lipinski definition) is 0. The van der Waals surface area contributed by atoms with Gasteiger partial charge in [0.15, 0.2) is 27.7 Å². The molecule has 200 valence electrons. The Balaban J connectivity index is 2.76. The van der Waals surface area contributed by atoms with Crippen molar-refractivity contribution in [1.29, 1.82) is 0 Å². The van der Waals surface area contributed by atoms with Crippen LogP contribution in [0.4, 0.5) is 0 Å². The van der Waals surface area contributed by atoms with Crippen LogP contribution < -0.4 is 9.47 Å². The average Bonchev–Trinajstić information content (AvgIpc) is 2.80. The van der Waals surface area contributed by atoms with Crippen LogP contribution >= 0.6 is 0 Å². The molecule has 36 heavy (non-hydrogen) atoms. The first-order valence-electron chi connectivity index (χ1n) is 11.7. The summed E-state index contributed by atoms with van der Waals surface area (Å²) in [5.74, 6) is -1.64. The molecule has 0 radical (unpaired) electrons. The largest absolute Gasteiger partial charge is 0.467 e. The molecule has 0 aliphatic heterocycles. The summed E-state index contributed by atoms with van der Waals surface area (Å²) in [5.41, 5.74) is 0.400. The first-order chi connectivity index (χ1) is 16.8. The minimum atomic E-state index is -2.37. The zero-order valence-electron chi connectivity index (χ0n) is 22.7. The Labute approximate surface area is 214 Å². The van der Waals surface area contributed by atoms with Gasteiger partial charge in [0.05, 0.1) is 24.4 Å². The van der Waals surface area contributed by atoms with E-state index in [-0.39, 0.29) is 59.7 Å². The topological polar surface area (TPSA) is 107 Å². The number of allylic oxidation sites excluding steroid dienone is 1. The SMILES string of the molecule is COCOc1cc(C)cc(OCOC)c1C(=O)C1=C(C(=O)OC)[C@H](O[Si](C)(C)C(C)(C)C)CCC1=O. The second-order valence-electron chi connectivity index (χ2n) is 10.2. The fraction of sp³-hybridized carbons (Fsp3) is 0.577. The van der Waals surface area contributed by atoms with Gasteiger partial charge < -0.3 is 28.1 Å². The van der Waals surface area contributed by atoms with Crippen molar-refractivity contribution in [3.05, 3.63) is 34.4 Å². The van der Waals surface area contributed by atoms with Gasteiger partial charge in [-0.25, -0.2) is 4.79 Å². The van der Waals surface area contributed by atoms with E-state index in [9.17, 15) is 14.4 Å². The monoisotopic (exact) mass is 522 g/mol. The Kier molecular flexibility index (Phi) is 10.0. The van der Waals surface area contributed by atoms with E-state index < -0.39 is 32.0 Å². The fourth-order valence-corrected chi connectivity index (χ4v) is 4.93. The van der Waals surface area contributed by atoms with Crippen LogP contribution in [0.3, 0.4) is 0 Å². The molecule has 1 aromatic carbocycles. The van der Waals surface area contributed by atoms with Crippen molar-refractivity contribution in [1.82, 2.24) is 0 Å². The number of methoxy groups -OCH3 is 3. The van der Waals surface area contributed by atoms with E-state index in [1.807, 2.05) is 20.0 Å². The molecule has 0 fully saturated rings. The van der Waals surface area contributed by atoms with Crippen LogP contribution in [0.2, 0.25) is 18.1 Å². The average molecular weight is 523 g/mol. The molecule has 0 saturated heterocycles. The van der Waals surface area contributed by atoms with Gasteiger partial charge in [0, 0.05) is 20.6 Å². The molecule has 0 amide bonds. The molecule has 0 saturated carbocycles. The molecule has 0 N–H and O–H groups in total. The first kappa shape index (κ1) is 29.7. The van der Waals surface area contributed by atoms with E-state index in [1.54, 1.807) is 12.1 Å². The number of ketones is 2. The summed E-state index contributed by atoms with van der Waals surface area (Å²) in [4.78, 5) is 40.3. The molecule has 0 aromatic heterocycles. The summed E-state index contributed by atoms with van der Waals surface area (Å²) in [6.07, 6.45) is -0.428. The molecule has 1 aliphatic carbocycles. The summed E-state index contributed by atoms with van der Waals surface area (Å²) >= 11 is 0. The Morgan fingerprint density at radius 2 is 1.53 bits per heavy atom. The highest BCUT2D eigenvalue weighted by Crippen LogP contribution is 2.41. The predicted molar refractivity (Wildman–Crippen MR) is 136 cm³/mol. The number of aryl methyl sites for hydroxylation is 1. The van der Waals surface area contributed by atoms with Crippen LogP contribution in [0, 0.1) is 6.92 Å². The minimum absolute atomic E-state index is 0.00701. The second-order valence-corrected chi connectivity index (χ2v) is 14.9. The normalized spacial score (nSPS) is 16.7. The molecular weight excluding hydrogens is 484 g/mol. The molecule has 0 heterocycles. The zero-order valence-corrected chi connectivity index (χ0v) is 23.7. The van der Waals surface area contributed by atoms with Gasteiger partial charge in [-0.1, -0.05) is 20.8 Å². The lowest BCUT2D eigenvalue weighted by Crippen LogP contribution is -2.47. The molecule has 1 aromatic rings. The van der Waals surface area contributed by atoms with Gasteiger partial charge in [-0.3, -0.25) is 9.59 Å². The number of carbonyl (C=O) groups excluding carboxylic acids is 3. The van der Waals surface area contributed by atoms with Crippen molar-refractivity contribution in [2.75, 3.05) is 34.9 Å². The van der Waals surface area contributed by atoms with Gasteiger partial charge in [0.25, 0.3) is 0 Å². The molecule has 0 bridgehead atoms. The van der Waals surface area contributed by atoms with Crippen molar-refractivity contribution in [3.8, 4) is 11.5 Å². The van der Waals surface area contributed by atoms with Crippen molar-refractivity contribution < 1.29 is 42.5 Å². The molecule has 0 spiro atoms. The minimum Gasteiger partial charge on any atom is -0.467 e. The highest BCUT2D eigenvalue weighted by Gasteiger charge is 2.45. The van der Waals surface area contributed by atoms with Gasteiger partial charge in [-0.2, -0.15) is 0 Å². The maximum Gasteiger partial charge on any atom is 0.337 e. The zero-order chi connectivity index (χ0) is 27.3. The van der Waals surface area contributed by atoms with Crippen LogP contribution in [0.5, 0.6) is 11.5 Å². The maximum absolute atomic E-state index is 14.1. The molecule has 10 heteroatoms. The van der Waals surface area contributed by atoms with Gasteiger partial charge in [-0.15, -0.1) is 0 Å². The molecular formula is C26H38O9Si. The fourth-order valence-electron chi connectivity index (χ4n) is 3.63. The number of benzene rings is 1. The summed E-state index contributed by atoms with van der Waals surface area (Å²) < 4.78 is 32.9. The van der Waals surface area contributed by atoms with Gasteiger partial charge in [0.2, 0.25) is 5.78 Å². The smallest absolute Gasteiger partial charge is 0.337 e. The van der Waals surface area contributed by atoms with E-state index in [1.165, 1.54) is 21.3 Å². The third-order valence-corrected chi connectivity index (χ3v) is 11.0. The van der Waals surface area contributed by atoms with E-state index >= 15 is 0 Å². The number of carbonyl (C=O) groups is 3. The number of Topliss-reactive ketones (excluding diaryl/α,β-unsaturated/α-hetero) is 2. The third kappa shape index (κ3) is 6.61. The lowest BCUT2D eigenvalue weighted by molar-refractivity contribution is -0.138. The van der Waals surface area contributed by atoms with Crippen LogP contribution in [0.1, 0.15) is 49.5 Å². The summed E-state index contributed by atoms with van der Waals surface area (Å²) in [6, 6.07) is 3.28. The molecule has 9 nitrogen and oxygen atoms in total. The van der Waals surface area contributed by atoms with Crippen molar-refractivity contribution in [3.63, 3.8) is 0 Å². The Hall–Kier alpha value is -2.53. The molecule has 1 aliphatic rings. The molecule has 0 unspecified atom stereocenters. The van der Waals surface area contributed by atoms with Gasteiger partial charge >= 0.3 is 5.97 Å². The summed E-state index contributed by atoms with van der Waals surface area (Å²) in [6.45, 7) is 11.9. The third-order valence-electron chi connectivity index (χ3n) is 6.48. The van der Waals surface area contributed by atoms with E-state index in [4.69, 9.17) is 28.1 Å².